The van der Waals surface area contributed by atoms with Gasteiger partial charge in [0.05, 0.1) is 16.4 Å². The molecule has 3 aromatic carbocycles. The van der Waals surface area contributed by atoms with Crippen LogP contribution in [0.1, 0.15) is 11.1 Å². The fourth-order valence-electron chi connectivity index (χ4n) is 2.38. The van der Waals surface area contributed by atoms with Crippen LogP contribution >= 0.6 is 11.6 Å². The van der Waals surface area contributed by atoms with Crippen molar-refractivity contribution in [3.63, 3.8) is 0 Å². The van der Waals surface area contributed by atoms with Crippen LogP contribution in [0.4, 0.5) is 5.69 Å². The van der Waals surface area contributed by atoms with Gasteiger partial charge < -0.3 is 10.0 Å². The number of hydrogen-bond donors (Lipinski definition) is 2. The second-order valence-corrected chi connectivity index (χ2v) is 5.68. The fraction of sp³-hybridized carbons (Fsp3) is 0. The summed E-state index contributed by atoms with van der Waals surface area (Å²) in [5.74, 6) is 0. The highest BCUT2D eigenvalue weighted by Crippen LogP contribution is 2.25. The summed E-state index contributed by atoms with van der Waals surface area (Å²) in [6.45, 7) is 0. The second-order valence-electron chi connectivity index (χ2n) is 5.28. The molecule has 0 amide bonds. The Kier molecular flexibility index (Phi) is 5.11. The van der Waals surface area contributed by atoms with Gasteiger partial charge in [0.15, 0.2) is 0 Å². The predicted molar refractivity (Wildman–Crippen MR) is 99.5 cm³/mol. The van der Waals surface area contributed by atoms with Crippen molar-refractivity contribution >= 4 is 35.6 Å². The van der Waals surface area contributed by atoms with Crippen molar-refractivity contribution < 1.29 is 10.0 Å². The minimum atomic E-state index is -1.56. The molecular weight excluding hydrogens is 320 g/mol. The molecule has 3 nitrogen and oxygen atoms in total. The van der Waals surface area contributed by atoms with E-state index in [2.05, 4.69) is 0 Å². The molecule has 0 heterocycles. The molecule has 0 unspecified atom stereocenters. The van der Waals surface area contributed by atoms with E-state index in [1.165, 1.54) is 0 Å². The molecule has 0 fully saturated rings. The first-order chi connectivity index (χ1) is 11.6. The maximum Gasteiger partial charge on any atom is 0.488 e. The molecule has 0 spiro atoms. The minimum absolute atomic E-state index is 0.346. The van der Waals surface area contributed by atoms with Gasteiger partial charge in [-0.2, -0.15) is 0 Å². The molecule has 0 aliphatic carbocycles. The summed E-state index contributed by atoms with van der Waals surface area (Å²) >= 11 is 6.25. The van der Waals surface area contributed by atoms with E-state index in [0.29, 0.717) is 16.2 Å². The summed E-state index contributed by atoms with van der Waals surface area (Å²) in [6, 6.07) is 24.4. The lowest BCUT2D eigenvalue weighted by atomic mass is 9.80. The Hall–Kier alpha value is -2.40. The van der Waals surface area contributed by atoms with Crippen molar-refractivity contribution in [3.05, 3.63) is 95.0 Å². The van der Waals surface area contributed by atoms with Gasteiger partial charge in [-0.1, -0.05) is 78.3 Å². The van der Waals surface area contributed by atoms with Crippen LogP contribution in [0, 0.1) is 0 Å². The lowest BCUT2D eigenvalue weighted by Crippen LogP contribution is -2.29. The van der Waals surface area contributed by atoms with E-state index in [9.17, 15) is 10.0 Å². The number of benzene rings is 3. The van der Waals surface area contributed by atoms with E-state index in [4.69, 9.17) is 16.6 Å². The summed E-state index contributed by atoms with van der Waals surface area (Å²) in [4.78, 5) is 4.70. The molecule has 0 atom stereocenters. The van der Waals surface area contributed by atoms with Crippen molar-refractivity contribution in [1.82, 2.24) is 0 Å². The third-order valence-electron chi connectivity index (χ3n) is 3.60. The maximum atomic E-state index is 9.37. The van der Waals surface area contributed by atoms with Crippen LogP contribution in [0.2, 0.25) is 5.02 Å². The summed E-state index contributed by atoms with van der Waals surface area (Å²) in [5, 5.41) is 19.2. The Bertz CT molecular complexity index is 810. The van der Waals surface area contributed by atoms with Crippen molar-refractivity contribution in [2.75, 3.05) is 0 Å². The van der Waals surface area contributed by atoms with Crippen LogP contribution in [0.3, 0.4) is 0 Å². The van der Waals surface area contributed by atoms with Crippen LogP contribution < -0.4 is 5.46 Å². The molecule has 0 saturated carbocycles. The molecule has 3 aromatic rings. The van der Waals surface area contributed by atoms with Crippen LogP contribution in [0.5, 0.6) is 0 Å². The zero-order valence-electron chi connectivity index (χ0n) is 12.8. The lowest BCUT2D eigenvalue weighted by Gasteiger charge is -2.09. The predicted octanol–water partition coefficient (Wildman–Crippen LogP) is 3.19. The highest BCUT2D eigenvalue weighted by Gasteiger charge is 2.14. The third kappa shape index (κ3) is 3.74. The van der Waals surface area contributed by atoms with E-state index in [1.807, 2.05) is 60.7 Å². The highest BCUT2D eigenvalue weighted by molar-refractivity contribution is 6.58. The molecule has 0 radical (unpaired) electrons. The van der Waals surface area contributed by atoms with E-state index >= 15 is 0 Å². The van der Waals surface area contributed by atoms with Gasteiger partial charge >= 0.3 is 7.12 Å². The molecule has 3 rings (SSSR count). The topological polar surface area (TPSA) is 52.8 Å². The number of nitrogens with zero attached hydrogens (tertiary/aromatic N) is 1. The molecule has 0 aliphatic rings. The molecule has 0 aliphatic heterocycles. The number of rotatable bonds is 4. The van der Waals surface area contributed by atoms with Gasteiger partial charge in [0, 0.05) is 11.1 Å². The van der Waals surface area contributed by atoms with E-state index in [1.54, 1.807) is 18.2 Å². The third-order valence-corrected chi connectivity index (χ3v) is 3.91. The van der Waals surface area contributed by atoms with Crippen molar-refractivity contribution in [3.8, 4) is 0 Å². The molecule has 0 saturated heterocycles. The Morgan fingerprint density at radius 1 is 0.792 bits per heavy atom. The standard InChI is InChI=1S/C19H15BClNO2/c21-17-12-11-16(20(23)24)13-18(17)22-19(14-7-3-1-4-8-14)15-9-5-2-6-10-15/h1-13,23-24H. The van der Waals surface area contributed by atoms with E-state index < -0.39 is 7.12 Å². The number of aliphatic imine (C=N–C) groups is 1. The van der Waals surface area contributed by atoms with Crippen LogP contribution in [0.25, 0.3) is 0 Å². The van der Waals surface area contributed by atoms with Gasteiger partial charge in [-0.15, -0.1) is 0 Å². The SMILES string of the molecule is OB(O)c1ccc(Cl)c(N=C(c2ccccc2)c2ccccc2)c1. The number of halogens is 1. The van der Waals surface area contributed by atoms with Gasteiger partial charge in [0.25, 0.3) is 0 Å². The molecule has 0 bridgehead atoms. The van der Waals surface area contributed by atoms with Gasteiger partial charge in [0.2, 0.25) is 0 Å². The van der Waals surface area contributed by atoms with Crippen LogP contribution in [0.15, 0.2) is 83.9 Å². The van der Waals surface area contributed by atoms with E-state index in [0.717, 1.165) is 16.8 Å². The molecule has 118 valence electrons. The van der Waals surface area contributed by atoms with Crippen molar-refractivity contribution in [1.29, 1.82) is 0 Å². The Morgan fingerprint density at radius 2 is 1.33 bits per heavy atom. The molecule has 5 heteroatoms. The van der Waals surface area contributed by atoms with E-state index in [-0.39, 0.29) is 0 Å². The zero-order valence-corrected chi connectivity index (χ0v) is 13.6. The number of hydrogen-bond acceptors (Lipinski definition) is 3. The highest BCUT2D eigenvalue weighted by atomic mass is 35.5. The summed E-state index contributed by atoms with van der Waals surface area (Å²) in [6.07, 6.45) is 0. The summed E-state index contributed by atoms with van der Waals surface area (Å²) in [5.41, 5.74) is 3.51. The Morgan fingerprint density at radius 3 is 1.83 bits per heavy atom. The first-order valence-corrected chi connectivity index (χ1v) is 7.88. The Balaban J connectivity index is 2.16. The smallest absolute Gasteiger partial charge is 0.423 e. The zero-order chi connectivity index (χ0) is 16.9. The quantitative estimate of drug-likeness (QED) is 0.568. The van der Waals surface area contributed by atoms with Gasteiger partial charge in [0.1, 0.15) is 0 Å². The molecule has 2 N–H and O–H groups in total. The van der Waals surface area contributed by atoms with Crippen molar-refractivity contribution in [2.45, 2.75) is 0 Å². The lowest BCUT2D eigenvalue weighted by molar-refractivity contribution is 0.426. The molecule has 24 heavy (non-hydrogen) atoms. The largest absolute Gasteiger partial charge is 0.488 e. The molecular formula is C19H15BClNO2. The monoisotopic (exact) mass is 335 g/mol. The normalized spacial score (nSPS) is 10.3. The Labute approximate surface area is 146 Å². The average Bonchev–Trinajstić information content (AvgIpc) is 2.62. The van der Waals surface area contributed by atoms with Crippen LogP contribution in [-0.2, 0) is 0 Å². The van der Waals surface area contributed by atoms with Gasteiger partial charge in [-0.3, -0.25) is 0 Å². The average molecular weight is 336 g/mol. The molecule has 0 aromatic heterocycles. The fourth-order valence-corrected chi connectivity index (χ4v) is 2.54. The van der Waals surface area contributed by atoms with Crippen molar-refractivity contribution in [2.24, 2.45) is 4.99 Å². The minimum Gasteiger partial charge on any atom is -0.423 e. The van der Waals surface area contributed by atoms with Gasteiger partial charge in [-0.05, 0) is 17.6 Å². The second kappa shape index (κ2) is 7.45. The van der Waals surface area contributed by atoms with Crippen LogP contribution in [-0.4, -0.2) is 22.9 Å². The first-order valence-electron chi connectivity index (χ1n) is 7.50. The van der Waals surface area contributed by atoms with Gasteiger partial charge in [-0.25, -0.2) is 4.99 Å². The summed E-state index contributed by atoms with van der Waals surface area (Å²) in [7, 11) is -1.56. The first kappa shape index (κ1) is 16.5. The summed E-state index contributed by atoms with van der Waals surface area (Å²) < 4.78 is 0. The maximum absolute atomic E-state index is 9.37.